The first-order valence-electron chi connectivity index (χ1n) is 9.44. The fraction of sp³-hybridized carbons (Fsp3) is 0.130. The number of nitrogens with zero attached hydrogens (tertiary/aromatic N) is 2. The van der Waals surface area contributed by atoms with Gasteiger partial charge in [0.15, 0.2) is 0 Å². The van der Waals surface area contributed by atoms with Crippen molar-refractivity contribution < 1.29 is 32.9 Å². The lowest BCUT2D eigenvalue weighted by Crippen LogP contribution is -2.11. The van der Waals surface area contributed by atoms with Crippen LogP contribution >= 0.6 is 0 Å². The minimum absolute atomic E-state index is 0.0160. The van der Waals surface area contributed by atoms with Gasteiger partial charge in [0.1, 0.15) is 11.8 Å². The van der Waals surface area contributed by atoms with Crippen molar-refractivity contribution in [3.05, 3.63) is 89.2 Å². The monoisotopic (exact) mass is 442 g/mol. The van der Waals surface area contributed by atoms with E-state index in [0.29, 0.717) is 16.7 Å². The molecule has 2 heterocycles. The SMILES string of the molecule is COc1cn2c(C(O)c3ccc(-c4ccccc4C(=O)O)cc3)cc(C(F)(F)F)cc2n1. The number of benzene rings is 2. The smallest absolute Gasteiger partial charge is 0.416 e. The van der Waals surface area contributed by atoms with Crippen LogP contribution in [0.4, 0.5) is 13.2 Å². The van der Waals surface area contributed by atoms with Gasteiger partial charge >= 0.3 is 12.1 Å². The predicted molar refractivity (Wildman–Crippen MR) is 110 cm³/mol. The van der Waals surface area contributed by atoms with Crippen LogP contribution in [0.2, 0.25) is 0 Å². The first-order chi connectivity index (χ1) is 15.2. The molecular formula is C23H17F3N2O4. The van der Waals surface area contributed by atoms with Crippen LogP contribution in [0.15, 0.2) is 66.9 Å². The number of aromatic nitrogens is 2. The van der Waals surface area contributed by atoms with E-state index in [4.69, 9.17) is 4.74 Å². The van der Waals surface area contributed by atoms with Gasteiger partial charge in [-0.05, 0) is 34.9 Å². The summed E-state index contributed by atoms with van der Waals surface area (Å²) >= 11 is 0. The zero-order valence-corrected chi connectivity index (χ0v) is 16.7. The van der Waals surface area contributed by atoms with Crippen LogP contribution in [0.1, 0.15) is 33.3 Å². The Kier molecular flexibility index (Phi) is 5.35. The maximum atomic E-state index is 13.4. The highest BCUT2D eigenvalue weighted by molar-refractivity contribution is 5.96. The van der Waals surface area contributed by atoms with Crippen LogP contribution in [0.25, 0.3) is 16.8 Å². The highest BCUT2D eigenvalue weighted by Gasteiger charge is 2.33. The summed E-state index contributed by atoms with van der Waals surface area (Å²) in [6.45, 7) is 0. The van der Waals surface area contributed by atoms with Crippen LogP contribution in [0.5, 0.6) is 5.88 Å². The predicted octanol–water partition coefficient (Wildman–Crippen LogP) is 4.81. The summed E-state index contributed by atoms with van der Waals surface area (Å²) in [7, 11) is 1.34. The molecule has 32 heavy (non-hydrogen) atoms. The molecule has 1 atom stereocenters. The number of methoxy groups -OCH3 is 1. The van der Waals surface area contributed by atoms with E-state index >= 15 is 0 Å². The lowest BCUT2D eigenvalue weighted by molar-refractivity contribution is -0.137. The molecule has 1 unspecified atom stereocenters. The van der Waals surface area contributed by atoms with Crippen LogP contribution in [0.3, 0.4) is 0 Å². The van der Waals surface area contributed by atoms with Crippen LogP contribution < -0.4 is 4.74 Å². The lowest BCUT2D eigenvalue weighted by Gasteiger charge is -2.17. The second-order valence-electron chi connectivity index (χ2n) is 7.05. The van der Waals surface area contributed by atoms with Crippen LogP contribution in [0, 0.1) is 0 Å². The minimum atomic E-state index is -4.63. The molecule has 0 aliphatic rings. The third-order valence-corrected chi connectivity index (χ3v) is 5.09. The molecule has 9 heteroatoms. The van der Waals surface area contributed by atoms with E-state index in [9.17, 15) is 28.2 Å². The molecular weight excluding hydrogens is 425 g/mol. The standard InChI is InChI=1S/C23H17F3N2O4/c1-32-20-12-28-18(10-15(23(24,25)26)11-19(28)27-20)21(29)14-8-6-13(7-9-14)16-4-2-3-5-17(16)22(30)31/h2-12,21,29H,1H3,(H,30,31). The summed E-state index contributed by atoms with van der Waals surface area (Å²) in [5.41, 5.74) is 0.529. The molecule has 0 aliphatic heterocycles. The van der Waals surface area contributed by atoms with Gasteiger partial charge in [0.25, 0.3) is 0 Å². The van der Waals surface area contributed by atoms with E-state index in [1.54, 1.807) is 42.5 Å². The zero-order chi connectivity index (χ0) is 23.0. The fourth-order valence-corrected chi connectivity index (χ4v) is 3.50. The Labute approximate surface area is 180 Å². The van der Waals surface area contributed by atoms with Crippen molar-refractivity contribution in [2.75, 3.05) is 7.11 Å². The number of imidazole rings is 1. The molecule has 0 aliphatic carbocycles. The van der Waals surface area contributed by atoms with Gasteiger partial charge in [0, 0.05) is 0 Å². The summed E-state index contributed by atoms with van der Waals surface area (Å²) in [6.07, 6.45) is -4.63. The van der Waals surface area contributed by atoms with E-state index in [-0.39, 0.29) is 22.8 Å². The number of fused-ring (bicyclic) bond motifs is 1. The third kappa shape index (κ3) is 3.90. The zero-order valence-electron chi connectivity index (χ0n) is 16.7. The van der Waals surface area contributed by atoms with Crippen molar-refractivity contribution in [3.8, 4) is 17.0 Å². The van der Waals surface area contributed by atoms with Gasteiger partial charge in [-0.2, -0.15) is 18.2 Å². The molecule has 4 rings (SSSR count). The number of aliphatic hydroxyl groups is 1. The van der Waals surface area contributed by atoms with Crippen molar-refractivity contribution in [2.45, 2.75) is 12.3 Å². The van der Waals surface area contributed by atoms with Crippen molar-refractivity contribution in [1.82, 2.24) is 9.38 Å². The molecule has 2 N–H and O–H groups in total. The largest absolute Gasteiger partial charge is 0.480 e. The first-order valence-corrected chi connectivity index (χ1v) is 9.44. The maximum Gasteiger partial charge on any atom is 0.416 e. The Hall–Kier alpha value is -3.85. The highest BCUT2D eigenvalue weighted by atomic mass is 19.4. The minimum Gasteiger partial charge on any atom is -0.480 e. The number of halogens is 3. The number of ether oxygens (including phenoxy) is 1. The molecule has 0 fully saturated rings. The highest BCUT2D eigenvalue weighted by Crippen LogP contribution is 2.35. The average Bonchev–Trinajstić information content (AvgIpc) is 3.21. The van der Waals surface area contributed by atoms with Gasteiger partial charge in [-0.25, -0.2) is 4.79 Å². The number of rotatable bonds is 5. The van der Waals surface area contributed by atoms with E-state index in [1.165, 1.54) is 23.8 Å². The normalized spacial score (nSPS) is 12.7. The lowest BCUT2D eigenvalue weighted by atomic mass is 9.96. The van der Waals surface area contributed by atoms with Crippen molar-refractivity contribution in [3.63, 3.8) is 0 Å². The van der Waals surface area contributed by atoms with Gasteiger partial charge < -0.3 is 14.9 Å². The molecule has 0 saturated heterocycles. The van der Waals surface area contributed by atoms with Crippen molar-refractivity contribution in [2.24, 2.45) is 0 Å². The summed E-state index contributed by atoms with van der Waals surface area (Å²) in [4.78, 5) is 15.5. The average molecular weight is 442 g/mol. The van der Waals surface area contributed by atoms with E-state index in [2.05, 4.69) is 4.98 Å². The molecule has 0 saturated carbocycles. The number of carboxylic acids is 1. The molecule has 6 nitrogen and oxygen atoms in total. The third-order valence-electron chi connectivity index (χ3n) is 5.09. The van der Waals surface area contributed by atoms with Gasteiger partial charge in [-0.3, -0.25) is 4.40 Å². The molecule has 164 valence electrons. The molecule has 4 aromatic rings. The summed E-state index contributed by atoms with van der Waals surface area (Å²) in [5, 5.41) is 20.3. The Morgan fingerprint density at radius 1 is 1.09 bits per heavy atom. The number of carboxylic acid groups (broad SMARTS) is 1. The fourth-order valence-electron chi connectivity index (χ4n) is 3.50. The van der Waals surface area contributed by atoms with Gasteiger partial charge in [0.2, 0.25) is 5.88 Å². The Balaban J connectivity index is 1.77. The Morgan fingerprint density at radius 3 is 2.41 bits per heavy atom. The van der Waals surface area contributed by atoms with E-state index < -0.39 is 23.8 Å². The topological polar surface area (TPSA) is 84.1 Å². The summed E-state index contributed by atoms with van der Waals surface area (Å²) in [5.74, 6) is -0.969. The molecule has 0 spiro atoms. The van der Waals surface area contributed by atoms with Crippen LogP contribution in [-0.2, 0) is 6.18 Å². The number of aliphatic hydroxyl groups excluding tert-OH is 1. The number of hydrogen-bond acceptors (Lipinski definition) is 4. The molecule has 0 bridgehead atoms. The van der Waals surface area contributed by atoms with Gasteiger partial charge in [0.05, 0.1) is 30.1 Å². The number of carbonyl (C=O) groups is 1. The van der Waals surface area contributed by atoms with Crippen molar-refractivity contribution in [1.29, 1.82) is 0 Å². The Morgan fingerprint density at radius 2 is 1.78 bits per heavy atom. The number of hydrogen-bond donors (Lipinski definition) is 2. The number of alkyl halides is 3. The molecule has 0 amide bonds. The number of pyridine rings is 1. The van der Waals surface area contributed by atoms with Crippen LogP contribution in [-0.4, -0.2) is 32.7 Å². The van der Waals surface area contributed by atoms with E-state index in [1.807, 2.05) is 0 Å². The molecule has 2 aromatic carbocycles. The number of aromatic carboxylic acids is 1. The molecule has 2 aromatic heterocycles. The van der Waals surface area contributed by atoms with Gasteiger partial charge in [-0.1, -0.05) is 42.5 Å². The summed E-state index contributed by atoms with van der Waals surface area (Å²) < 4.78 is 46.5. The summed E-state index contributed by atoms with van der Waals surface area (Å²) in [6, 6.07) is 14.5. The maximum absolute atomic E-state index is 13.4. The Bertz CT molecular complexity index is 1300. The molecule has 0 radical (unpaired) electrons. The van der Waals surface area contributed by atoms with Gasteiger partial charge in [-0.15, -0.1) is 0 Å². The quantitative estimate of drug-likeness (QED) is 0.464. The van der Waals surface area contributed by atoms with E-state index in [0.717, 1.165) is 12.1 Å². The first kappa shape index (κ1) is 21.4. The van der Waals surface area contributed by atoms with Crippen molar-refractivity contribution >= 4 is 11.6 Å². The second-order valence-corrected chi connectivity index (χ2v) is 7.05. The second kappa shape index (κ2) is 8.01.